The van der Waals surface area contributed by atoms with Gasteiger partial charge in [-0.3, -0.25) is 4.79 Å². The van der Waals surface area contributed by atoms with Gasteiger partial charge in [-0.1, -0.05) is 6.07 Å². The van der Waals surface area contributed by atoms with Crippen LogP contribution in [-0.4, -0.2) is 24.8 Å². The summed E-state index contributed by atoms with van der Waals surface area (Å²) >= 11 is 1.27. The normalized spacial score (nSPS) is 13.5. The predicted molar refractivity (Wildman–Crippen MR) is 80.4 cm³/mol. The van der Waals surface area contributed by atoms with Crippen LogP contribution in [0.2, 0.25) is 0 Å². The van der Waals surface area contributed by atoms with Crippen molar-refractivity contribution in [1.29, 1.82) is 0 Å². The second kappa shape index (κ2) is 6.07. The molecule has 0 bridgehead atoms. The van der Waals surface area contributed by atoms with E-state index >= 15 is 0 Å². The highest BCUT2D eigenvalue weighted by Crippen LogP contribution is 2.34. The first-order valence-electron chi connectivity index (χ1n) is 6.58. The Hall–Kier alpha value is -2.54. The molecule has 1 N–H and O–H groups in total. The zero-order valence-corrected chi connectivity index (χ0v) is 12.5. The van der Waals surface area contributed by atoms with Gasteiger partial charge in [0.25, 0.3) is 5.91 Å². The molecule has 1 amide bonds. The third kappa shape index (κ3) is 3.04. The molecule has 2 heterocycles. The van der Waals surface area contributed by atoms with Crippen molar-refractivity contribution in [2.24, 2.45) is 0 Å². The molecule has 1 aliphatic heterocycles. The lowest BCUT2D eigenvalue weighted by atomic mass is 10.2. The number of esters is 1. The van der Waals surface area contributed by atoms with E-state index in [-0.39, 0.29) is 6.79 Å². The summed E-state index contributed by atoms with van der Waals surface area (Å²) in [5.41, 5.74) is 0.549. The maximum Gasteiger partial charge on any atom is 0.349 e. The van der Waals surface area contributed by atoms with Gasteiger partial charge in [0, 0.05) is 11.8 Å². The molecule has 114 valence electrons. The number of ether oxygens (including phenoxy) is 3. The molecule has 1 aliphatic rings. The largest absolute Gasteiger partial charge is 0.454 e. The minimum Gasteiger partial charge on any atom is -0.454 e. The van der Waals surface area contributed by atoms with E-state index in [4.69, 9.17) is 14.2 Å². The summed E-state index contributed by atoms with van der Waals surface area (Å²) in [6, 6.07) is 8.46. The highest BCUT2D eigenvalue weighted by atomic mass is 32.1. The predicted octanol–water partition coefficient (Wildman–Crippen LogP) is 2.66. The number of fused-ring (bicyclic) bond motifs is 1. The van der Waals surface area contributed by atoms with Crippen molar-refractivity contribution in [1.82, 2.24) is 0 Å². The molecular formula is C15H13NO5S. The van der Waals surface area contributed by atoms with Crippen molar-refractivity contribution >= 4 is 28.9 Å². The van der Waals surface area contributed by atoms with Crippen molar-refractivity contribution in [3.8, 4) is 11.5 Å². The first-order chi connectivity index (χ1) is 10.6. The first-order valence-corrected chi connectivity index (χ1v) is 7.46. The van der Waals surface area contributed by atoms with Gasteiger partial charge in [-0.2, -0.15) is 0 Å². The van der Waals surface area contributed by atoms with Gasteiger partial charge in [0.1, 0.15) is 4.88 Å². The van der Waals surface area contributed by atoms with E-state index in [1.165, 1.54) is 18.3 Å². The molecule has 0 saturated carbocycles. The number of nitrogens with one attached hydrogen (secondary N) is 1. The molecular weight excluding hydrogens is 306 g/mol. The second-order valence-corrected chi connectivity index (χ2v) is 5.53. The Balaban J connectivity index is 1.60. The molecule has 0 unspecified atom stereocenters. The van der Waals surface area contributed by atoms with Crippen LogP contribution in [-0.2, 0) is 9.53 Å². The lowest BCUT2D eigenvalue weighted by molar-refractivity contribution is -0.123. The van der Waals surface area contributed by atoms with Crippen LogP contribution in [0.4, 0.5) is 5.69 Å². The first kappa shape index (κ1) is 14.4. The number of thiophene rings is 1. The molecule has 0 saturated heterocycles. The van der Waals surface area contributed by atoms with Gasteiger partial charge in [0.15, 0.2) is 17.6 Å². The number of amides is 1. The van der Waals surface area contributed by atoms with Crippen molar-refractivity contribution < 1.29 is 23.8 Å². The lowest BCUT2D eigenvalue weighted by Gasteiger charge is -2.13. The van der Waals surface area contributed by atoms with Crippen molar-refractivity contribution in [2.75, 3.05) is 12.1 Å². The van der Waals surface area contributed by atoms with Gasteiger partial charge in [-0.05, 0) is 30.5 Å². The van der Waals surface area contributed by atoms with Gasteiger partial charge in [0.2, 0.25) is 6.79 Å². The Morgan fingerprint density at radius 2 is 2.09 bits per heavy atom. The number of carbonyl (C=O) groups is 2. The molecule has 1 atom stereocenters. The van der Waals surface area contributed by atoms with E-state index < -0.39 is 18.0 Å². The van der Waals surface area contributed by atoms with E-state index in [2.05, 4.69) is 5.32 Å². The Labute approximate surface area is 130 Å². The fourth-order valence-corrected chi connectivity index (χ4v) is 2.49. The smallest absolute Gasteiger partial charge is 0.349 e. The molecule has 0 spiro atoms. The summed E-state index contributed by atoms with van der Waals surface area (Å²) in [4.78, 5) is 24.3. The fraction of sp³-hybridized carbons (Fsp3) is 0.200. The van der Waals surface area contributed by atoms with E-state index in [9.17, 15) is 9.59 Å². The quantitative estimate of drug-likeness (QED) is 0.877. The molecule has 0 radical (unpaired) electrons. The maximum atomic E-state index is 12.1. The molecule has 22 heavy (non-hydrogen) atoms. The van der Waals surface area contributed by atoms with Crippen molar-refractivity contribution in [3.63, 3.8) is 0 Å². The summed E-state index contributed by atoms with van der Waals surface area (Å²) in [6.07, 6.45) is -0.903. The molecule has 0 fully saturated rings. The minimum absolute atomic E-state index is 0.168. The van der Waals surface area contributed by atoms with Crippen LogP contribution >= 0.6 is 11.3 Å². The van der Waals surface area contributed by atoms with Crippen LogP contribution < -0.4 is 14.8 Å². The van der Waals surface area contributed by atoms with Crippen LogP contribution in [0.1, 0.15) is 16.6 Å². The molecule has 3 rings (SSSR count). The summed E-state index contributed by atoms with van der Waals surface area (Å²) in [7, 11) is 0. The van der Waals surface area contributed by atoms with Gasteiger partial charge in [-0.15, -0.1) is 11.3 Å². The average Bonchev–Trinajstić information content (AvgIpc) is 3.18. The van der Waals surface area contributed by atoms with Gasteiger partial charge >= 0.3 is 5.97 Å². The van der Waals surface area contributed by atoms with Crippen LogP contribution in [0.5, 0.6) is 11.5 Å². The van der Waals surface area contributed by atoms with E-state index in [1.807, 2.05) is 0 Å². The van der Waals surface area contributed by atoms with E-state index in [0.29, 0.717) is 22.1 Å². The summed E-state index contributed by atoms with van der Waals surface area (Å²) < 4.78 is 15.6. The monoisotopic (exact) mass is 319 g/mol. The number of hydrogen-bond donors (Lipinski definition) is 1. The molecule has 7 heteroatoms. The maximum absolute atomic E-state index is 12.1. The Morgan fingerprint density at radius 3 is 2.86 bits per heavy atom. The highest BCUT2D eigenvalue weighted by molar-refractivity contribution is 7.11. The number of anilines is 1. The SMILES string of the molecule is C[C@H](OC(=O)c1cccs1)C(=O)Nc1ccc2c(c1)OCO2. The second-order valence-electron chi connectivity index (χ2n) is 4.58. The summed E-state index contributed by atoms with van der Waals surface area (Å²) in [6.45, 7) is 1.69. The van der Waals surface area contributed by atoms with Crippen molar-refractivity contribution in [3.05, 3.63) is 40.6 Å². The minimum atomic E-state index is -0.903. The fourth-order valence-electron chi connectivity index (χ4n) is 1.89. The number of benzene rings is 1. The zero-order valence-electron chi connectivity index (χ0n) is 11.7. The average molecular weight is 319 g/mol. The Morgan fingerprint density at radius 1 is 1.27 bits per heavy atom. The number of hydrogen-bond acceptors (Lipinski definition) is 6. The molecule has 0 aliphatic carbocycles. The van der Waals surface area contributed by atoms with Crippen molar-refractivity contribution in [2.45, 2.75) is 13.0 Å². The van der Waals surface area contributed by atoms with E-state index in [0.717, 1.165) is 0 Å². The molecule has 2 aromatic rings. The summed E-state index contributed by atoms with van der Waals surface area (Å²) in [5.74, 6) is 0.281. The van der Waals surface area contributed by atoms with Crippen LogP contribution in [0, 0.1) is 0 Å². The van der Waals surface area contributed by atoms with Gasteiger partial charge < -0.3 is 19.5 Å². The Bertz CT molecular complexity index is 698. The summed E-state index contributed by atoms with van der Waals surface area (Å²) in [5, 5.41) is 4.45. The van der Waals surface area contributed by atoms with Crippen LogP contribution in [0.15, 0.2) is 35.7 Å². The van der Waals surface area contributed by atoms with Crippen LogP contribution in [0.3, 0.4) is 0 Å². The molecule has 1 aromatic heterocycles. The van der Waals surface area contributed by atoms with E-state index in [1.54, 1.807) is 35.7 Å². The molecule has 1 aromatic carbocycles. The zero-order chi connectivity index (χ0) is 15.5. The molecule has 6 nitrogen and oxygen atoms in total. The van der Waals surface area contributed by atoms with Crippen LogP contribution in [0.25, 0.3) is 0 Å². The van der Waals surface area contributed by atoms with Gasteiger partial charge in [0.05, 0.1) is 0 Å². The lowest BCUT2D eigenvalue weighted by Crippen LogP contribution is -2.29. The highest BCUT2D eigenvalue weighted by Gasteiger charge is 2.20. The standard InChI is InChI=1S/C15H13NO5S/c1-9(21-15(18)13-3-2-6-22-13)14(17)16-10-4-5-11-12(7-10)20-8-19-11/h2-7,9H,8H2,1H3,(H,16,17)/t9-/m0/s1. The number of rotatable bonds is 4. The topological polar surface area (TPSA) is 73.9 Å². The number of carbonyl (C=O) groups excluding carboxylic acids is 2. The Kier molecular flexibility index (Phi) is 3.97. The third-order valence-corrected chi connectivity index (χ3v) is 3.87. The van der Waals surface area contributed by atoms with Gasteiger partial charge in [-0.25, -0.2) is 4.79 Å². The third-order valence-electron chi connectivity index (χ3n) is 3.02.